The number of phenols is 1. The molecule has 15 heavy (non-hydrogen) atoms. The van der Waals surface area contributed by atoms with Crippen LogP contribution in [0.25, 0.3) is 11.4 Å². The number of aryl methyl sites for hydroxylation is 2. The molecule has 0 radical (unpaired) electrons. The number of aromatic hydroxyl groups is 1. The summed E-state index contributed by atoms with van der Waals surface area (Å²) in [6, 6.07) is 5.30. The zero-order valence-corrected chi connectivity index (χ0v) is 8.60. The highest BCUT2D eigenvalue weighted by Crippen LogP contribution is 2.23. The van der Waals surface area contributed by atoms with Gasteiger partial charge < -0.3 is 10.8 Å². The molecule has 5 nitrogen and oxygen atoms in total. The van der Waals surface area contributed by atoms with Crippen LogP contribution in [0.5, 0.6) is 5.75 Å². The Morgan fingerprint density at radius 2 is 2.13 bits per heavy atom. The zero-order valence-electron chi connectivity index (χ0n) is 8.60. The van der Waals surface area contributed by atoms with Crippen LogP contribution in [-0.2, 0) is 7.05 Å². The van der Waals surface area contributed by atoms with E-state index in [4.69, 9.17) is 5.73 Å². The Labute approximate surface area is 87.2 Å². The standard InChI is InChI=1S/C10H12N4O/c1-6-3-4-7(5-8(6)15)9-12-10(11)14(2)13-9/h3-5,15H,1-2H3,(H2,11,12,13). The lowest BCUT2D eigenvalue weighted by atomic mass is 10.1. The number of rotatable bonds is 1. The van der Waals surface area contributed by atoms with Crippen LogP contribution in [0.2, 0.25) is 0 Å². The van der Waals surface area contributed by atoms with Crippen LogP contribution >= 0.6 is 0 Å². The molecule has 2 aromatic rings. The number of nitrogens with two attached hydrogens (primary N) is 1. The van der Waals surface area contributed by atoms with E-state index in [1.54, 1.807) is 13.1 Å². The van der Waals surface area contributed by atoms with Gasteiger partial charge in [-0.15, -0.1) is 5.10 Å². The first-order valence-corrected chi connectivity index (χ1v) is 4.54. The van der Waals surface area contributed by atoms with E-state index in [2.05, 4.69) is 10.1 Å². The van der Waals surface area contributed by atoms with Crippen molar-refractivity contribution in [2.45, 2.75) is 6.92 Å². The lowest BCUT2D eigenvalue weighted by Gasteiger charge is -1.99. The number of nitrogen functional groups attached to an aromatic ring is 1. The van der Waals surface area contributed by atoms with Crippen molar-refractivity contribution >= 4 is 5.95 Å². The smallest absolute Gasteiger partial charge is 0.218 e. The molecular formula is C10H12N4O. The molecule has 0 aliphatic heterocycles. The minimum Gasteiger partial charge on any atom is -0.508 e. The largest absolute Gasteiger partial charge is 0.508 e. The minimum absolute atomic E-state index is 0.235. The molecular weight excluding hydrogens is 192 g/mol. The van der Waals surface area contributed by atoms with Gasteiger partial charge in [0.25, 0.3) is 0 Å². The Bertz CT molecular complexity index is 485. The molecule has 0 amide bonds. The van der Waals surface area contributed by atoms with Gasteiger partial charge in [-0.25, -0.2) is 4.68 Å². The quantitative estimate of drug-likeness (QED) is 0.728. The molecule has 0 saturated carbocycles. The minimum atomic E-state index is 0.235. The van der Waals surface area contributed by atoms with Crippen molar-refractivity contribution in [2.24, 2.45) is 7.05 Å². The fraction of sp³-hybridized carbons (Fsp3) is 0.200. The van der Waals surface area contributed by atoms with Gasteiger partial charge in [-0.1, -0.05) is 12.1 Å². The van der Waals surface area contributed by atoms with E-state index in [-0.39, 0.29) is 5.75 Å². The van der Waals surface area contributed by atoms with Crippen molar-refractivity contribution in [1.29, 1.82) is 0 Å². The summed E-state index contributed by atoms with van der Waals surface area (Å²) >= 11 is 0. The second-order valence-corrected chi connectivity index (χ2v) is 3.42. The van der Waals surface area contributed by atoms with Gasteiger partial charge in [-0.3, -0.25) is 0 Å². The van der Waals surface area contributed by atoms with Gasteiger partial charge in [-0.05, 0) is 18.6 Å². The van der Waals surface area contributed by atoms with Crippen molar-refractivity contribution in [3.63, 3.8) is 0 Å². The van der Waals surface area contributed by atoms with E-state index in [9.17, 15) is 5.11 Å². The molecule has 3 N–H and O–H groups in total. The second-order valence-electron chi connectivity index (χ2n) is 3.42. The van der Waals surface area contributed by atoms with E-state index in [1.807, 2.05) is 19.1 Å². The summed E-state index contributed by atoms with van der Waals surface area (Å²) in [6.07, 6.45) is 0. The number of aromatic nitrogens is 3. The van der Waals surface area contributed by atoms with E-state index >= 15 is 0 Å². The Balaban J connectivity index is 2.49. The molecule has 1 heterocycles. The van der Waals surface area contributed by atoms with E-state index in [1.165, 1.54) is 4.68 Å². The summed E-state index contributed by atoms with van der Waals surface area (Å²) in [7, 11) is 1.72. The average Bonchev–Trinajstić information content (AvgIpc) is 2.52. The highest BCUT2D eigenvalue weighted by Gasteiger charge is 2.07. The molecule has 1 aromatic carbocycles. The maximum absolute atomic E-state index is 9.54. The normalized spacial score (nSPS) is 10.5. The van der Waals surface area contributed by atoms with Gasteiger partial charge in [-0.2, -0.15) is 4.98 Å². The van der Waals surface area contributed by atoms with Crippen LogP contribution in [0.15, 0.2) is 18.2 Å². The third kappa shape index (κ3) is 1.63. The SMILES string of the molecule is Cc1ccc(-c2nc(N)n(C)n2)cc1O. The Hall–Kier alpha value is -2.04. The first-order chi connectivity index (χ1) is 7.08. The monoisotopic (exact) mass is 204 g/mol. The topological polar surface area (TPSA) is 77.0 Å². The summed E-state index contributed by atoms with van der Waals surface area (Å²) < 4.78 is 1.49. The average molecular weight is 204 g/mol. The maximum Gasteiger partial charge on any atom is 0.218 e. The highest BCUT2D eigenvalue weighted by molar-refractivity contribution is 5.59. The van der Waals surface area contributed by atoms with E-state index in [0.717, 1.165) is 11.1 Å². The third-order valence-electron chi connectivity index (χ3n) is 2.26. The fourth-order valence-electron chi connectivity index (χ4n) is 1.27. The lowest BCUT2D eigenvalue weighted by Crippen LogP contribution is -1.97. The second kappa shape index (κ2) is 3.27. The first-order valence-electron chi connectivity index (χ1n) is 4.54. The Morgan fingerprint density at radius 3 is 2.67 bits per heavy atom. The van der Waals surface area contributed by atoms with Crippen LogP contribution in [0.3, 0.4) is 0 Å². The van der Waals surface area contributed by atoms with Gasteiger partial charge in [0.2, 0.25) is 5.95 Å². The number of hydrogen-bond acceptors (Lipinski definition) is 4. The van der Waals surface area contributed by atoms with Crippen molar-refractivity contribution in [3.8, 4) is 17.1 Å². The Kier molecular flexibility index (Phi) is 2.07. The van der Waals surface area contributed by atoms with Gasteiger partial charge in [0, 0.05) is 12.6 Å². The molecule has 0 spiro atoms. The summed E-state index contributed by atoms with van der Waals surface area (Å²) in [5, 5.41) is 13.7. The van der Waals surface area contributed by atoms with Crippen LogP contribution in [0.4, 0.5) is 5.95 Å². The van der Waals surface area contributed by atoms with Crippen molar-refractivity contribution in [3.05, 3.63) is 23.8 Å². The van der Waals surface area contributed by atoms with Crippen molar-refractivity contribution in [1.82, 2.24) is 14.8 Å². The molecule has 78 valence electrons. The molecule has 0 unspecified atom stereocenters. The number of anilines is 1. The number of hydrogen-bond donors (Lipinski definition) is 2. The summed E-state index contributed by atoms with van der Waals surface area (Å²) in [4.78, 5) is 4.07. The molecule has 0 saturated heterocycles. The molecule has 2 rings (SSSR count). The van der Waals surface area contributed by atoms with E-state index in [0.29, 0.717) is 11.8 Å². The molecule has 0 fully saturated rings. The maximum atomic E-state index is 9.54. The number of phenolic OH excluding ortho intramolecular Hbond substituents is 1. The predicted octanol–water partition coefficient (Wildman–Crippen LogP) is 1.08. The summed E-state index contributed by atoms with van der Waals surface area (Å²) in [5.41, 5.74) is 7.15. The predicted molar refractivity (Wildman–Crippen MR) is 57.3 cm³/mol. The van der Waals surface area contributed by atoms with Gasteiger partial charge in [0.15, 0.2) is 5.82 Å². The molecule has 0 atom stereocenters. The molecule has 1 aromatic heterocycles. The molecule has 5 heteroatoms. The zero-order chi connectivity index (χ0) is 11.0. The third-order valence-corrected chi connectivity index (χ3v) is 2.26. The lowest BCUT2D eigenvalue weighted by molar-refractivity contribution is 0.471. The summed E-state index contributed by atoms with van der Waals surface area (Å²) in [6.45, 7) is 1.83. The molecule has 0 bridgehead atoms. The Morgan fingerprint density at radius 1 is 1.40 bits per heavy atom. The first kappa shape index (κ1) is 9.51. The fourth-order valence-corrected chi connectivity index (χ4v) is 1.27. The van der Waals surface area contributed by atoms with Gasteiger partial charge in [0.05, 0.1) is 0 Å². The van der Waals surface area contributed by atoms with Crippen LogP contribution < -0.4 is 5.73 Å². The van der Waals surface area contributed by atoms with Crippen molar-refractivity contribution in [2.75, 3.05) is 5.73 Å². The van der Waals surface area contributed by atoms with Crippen LogP contribution in [-0.4, -0.2) is 19.9 Å². The van der Waals surface area contributed by atoms with Gasteiger partial charge in [0.1, 0.15) is 5.75 Å². The van der Waals surface area contributed by atoms with E-state index < -0.39 is 0 Å². The van der Waals surface area contributed by atoms with Crippen LogP contribution in [0, 0.1) is 6.92 Å². The number of benzene rings is 1. The summed E-state index contributed by atoms with van der Waals surface area (Å²) in [5.74, 6) is 1.11. The molecule has 0 aliphatic rings. The van der Waals surface area contributed by atoms with Gasteiger partial charge >= 0.3 is 0 Å². The number of nitrogens with zero attached hydrogens (tertiary/aromatic N) is 3. The molecule has 0 aliphatic carbocycles. The van der Waals surface area contributed by atoms with Crippen LogP contribution in [0.1, 0.15) is 5.56 Å². The van der Waals surface area contributed by atoms with Crippen molar-refractivity contribution < 1.29 is 5.11 Å². The highest BCUT2D eigenvalue weighted by atomic mass is 16.3.